The molecule has 17 heavy (non-hydrogen) atoms. The Hall–Kier alpha value is -0.730. The highest BCUT2D eigenvalue weighted by Crippen LogP contribution is 2.35. The molecule has 0 aromatic rings. The van der Waals surface area contributed by atoms with Crippen LogP contribution in [0.2, 0.25) is 0 Å². The summed E-state index contributed by atoms with van der Waals surface area (Å²) in [7, 11) is 0. The number of Topliss-reactive ketones (excluding diaryl/α,β-unsaturated/α-hetero) is 1. The van der Waals surface area contributed by atoms with Crippen LogP contribution in [0.1, 0.15) is 6.92 Å². The van der Waals surface area contributed by atoms with Crippen molar-refractivity contribution in [2.75, 3.05) is 11.9 Å². The van der Waals surface area contributed by atoms with E-state index in [1.165, 1.54) is 12.2 Å². The summed E-state index contributed by atoms with van der Waals surface area (Å²) in [5, 5.41) is 1.32. The summed E-state index contributed by atoms with van der Waals surface area (Å²) in [6.45, 7) is 0.727. The number of amides is 1. The second-order valence-electron chi connectivity index (χ2n) is 3.28. The van der Waals surface area contributed by atoms with Crippen LogP contribution in [0.4, 0.5) is 22.0 Å². The van der Waals surface area contributed by atoms with Crippen molar-refractivity contribution < 1.29 is 31.5 Å². The van der Waals surface area contributed by atoms with Crippen molar-refractivity contribution >= 4 is 27.6 Å². The van der Waals surface area contributed by atoms with E-state index in [0.29, 0.717) is 0 Å². The largest absolute Gasteiger partial charge is 0.463 e. The van der Waals surface area contributed by atoms with E-state index in [1.54, 1.807) is 0 Å². The van der Waals surface area contributed by atoms with Gasteiger partial charge in [-0.05, 0) is 0 Å². The minimum absolute atomic E-state index is 0.0697. The topological polar surface area (TPSA) is 46.2 Å². The lowest BCUT2D eigenvalue weighted by Gasteiger charge is -2.19. The van der Waals surface area contributed by atoms with Crippen LogP contribution in [0.15, 0.2) is 0 Å². The van der Waals surface area contributed by atoms with Crippen LogP contribution in [-0.2, 0) is 9.59 Å². The van der Waals surface area contributed by atoms with E-state index >= 15 is 0 Å². The van der Waals surface area contributed by atoms with E-state index in [2.05, 4.69) is 15.9 Å². The van der Waals surface area contributed by atoms with Gasteiger partial charge in [-0.2, -0.15) is 22.0 Å². The maximum atomic E-state index is 12.4. The van der Waals surface area contributed by atoms with Crippen LogP contribution >= 0.6 is 15.9 Å². The summed E-state index contributed by atoms with van der Waals surface area (Å²) in [6, 6.07) is 0. The summed E-state index contributed by atoms with van der Waals surface area (Å²) in [5.41, 5.74) is 0. The number of rotatable bonds is 5. The number of halogens is 6. The number of ketones is 1. The highest BCUT2D eigenvalue weighted by atomic mass is 79.9. The third-order valence-corrected chi connectivity index (χ3v) is 2.44. The van der Waals surface area contributed by atoms with Crippen LogP contribution < -0.4 is 5.32 Å². The maximum Gasteiger partial charge on any atom is 0.463 e. The molecule has 0 radical (unpaired) electrons. The van der Waals surface area contributed by atoms with E-state index in [4.69, 9.17) is 0 Å². The number of nitrogens with one attached hydrogen (secondary N) is 1. The fraction of sp³-hybridized carbons (Fsp3) is 0.750. The molecule has 0 rings (SSSR count). The van der Waals surface area contributed by atoms with Gasteiger partial charge in [0.15, 0.2) is 0 Å². The van der Waals surface area contributed by atoms with Crippen LogP contribution in [0.3, 0.4) is 0 Å². The number of hydrogen-bond acceptors (Lipinski definition) is 2. The highest BCUT2D eigenvalue weighted by Gasteiger charge is 2.63. The van der Waals surface area contributed by atoms with E-state index in [0.717, 1.165) is 0 Å². The Kier molecular flexibility index (Phi) is 5.50. The summed E-state index contributed by atoms with van der Waals surface area (Å²) in [6.07, 6.45) is -5.94. The lowest BCUT2D eigenvalue weighted by atomic mass is 10.1. The van der Waals surface area contributed by atoms with Crippen molar-refractivity contribution in [3.63, 3.8) is 0 Å². The Balaban J connectivity index is 4.43. The monoisotopic (exact) mass is 325 g/mol. The van der Waals surface area contributed by atoms with Crippen LogP contribution in [0, 0.1) is 5.92 Å². The molecule has 0 saturated heterocycles. The molecular formula is C8H9BrF5NO2. The molecule has 1 amide bonds. The van der Waals surface area contributed by atoms with Gasteiger partial charge in [-0.3, -0.25) is 9.59 Å². The van der Waals surface area contributed by atoms with Crippen molar-refractivity contribution in [2.45, 2.75) is 19.0 Å². The average Bonchev–Trinajstić information content (AvgIpc) is 2.22. The molecule has 9 heteroatoms. The summed E-state index contributed by atoms with van der Waals surface area (Å²) in [4.78, 5) is 21.6. The minimum atomic E-state index is -5.94. The Labute approximate surface area is 102 Å². The fourth-order valence-electron chi connectivity index (χ4n) is 0.731. The van der Waals surface area contributed by atoms with Gasteiger partial charge < -0.3 is 5.32 Å². The summed E-state index contributed by atoms with van der Waals surface area (Å²) >= 11 is 2.80. The van der Waals surface area contributed by atoms with Gasteiger partial charge in [0, 0.05) is 12.5 Å². The summed E-state index contributed by atoms with van der Waals surface area (Å²) in [5.74, 6) is -9.17. The zero-order chi connectivity index (χ0) is 13.9. The second-order valence-corrected chi connectivity index (χ2v) is 3.84. The van der Waals surface area contributed by atoms with Crippen LogP contribution in [0.25, 0.3) is 0 Å². The van der Waals surface area contributed by atoms with Gasteiger partial charge in [0.25, 0.3) is 5.91 Å². The minimum Gasteiger partial charge on any atom is -0.350 e. The Morgan fingerprint density at radius 1 is 1.24 bits per heavy atom. The fourth-order valence-corrected chi connectivity index (χ4v) is 1.28. The van der Waals surface area contributed by atoms with Gasteiger partial charge in [0.2, 0.25) is 0 Å². The van der Waals surface area contributed by atoms with Gasteiger partial charge in [0.05, 0.1) is 5.33 Å². The lowest BCUT2D eigenvalue weighted by molar-refractivity contribution is -0.269. The van der Waals surface area contributed by atoms with Crippen molar-refractivity contribution in [3.05, 3.63) is 0 Å². The number of alkyl halides is 6. The van der Waals surface area contributed by atoms with Gasteiger partial charge in [-0.15, -0.1) is 0 Å². The Morgan fingerprint density at radius 2 is 1.71 bits per heavy atom. The van der Waals surface area contributed by atoms with Gasteiger partial charge in [-0.1, -0.05) is 22.9 Å². The predicted octanol–water partition coefficient (Wildman–Crippen LogP) is 1.90. The molecule has 0 aliphatic carbocycles. The lowest BCUT2D eigenvalue weighted by Crippen LogP contribution is -2.51. The van der Waals surface area contributed by atoms with E-state index < -0.39 is 36.3 Å². The Morgan fingerprint density at radius 3 is 2.06 bits per heavy atom. The van der Waals surface area contributed by atoms with Crippen molar-refractivity contribution in [2.24, 2.45) is 5.92 Å². The SMILES string of the molecule is CC(CNC(=O)C(F)(F)C(F)(F)F)C(=O)CBr. The molecule has 0 spiro atoms. The Bertz CT molecular complexity index is 305. The quantitative estimate of drug-likeness (QED) is 0.620. The number of hydrogen-bond donors (Lipinski definition) is 1. The van der Waals surface area contributed by atoms with Crippen molar-refractivity contribution in [1.29, 1.82) is 0 Å². The summed E-state index contributed by atoms with van der Waals surface area (Å²) < 4.78 is 60.1. The second kappa shape index (κ2) is 5.74. The highest BCUT2D eigenvalue weighted by molar-refractivity contribution is 9.09. The first-order valence-corrected chi connectivity index (χ1v) is 5.47. The van der Waals surface area contributed by atoms with E-state index in [1.807, 2.05) is 0 Å². The van der Waals surface area contributed by atoms with Gasteiger partial charge in [-0.25, -0.2) is 0 Å². The molecule has 0 aliphatic rings. The first-order valence-electron chi connectivity index (χ1n) is 4.35. The molecule has 0 fully saturated rings. The average molecular weight is 326 g/mol. The van der Waals surface area contributed by atoms with Gasteiger partial charge >= 0.3 is 12.1 Å². The standard InChI is InChI=1S/C8H9BrF5NO2/c1-4(5(16)2-9)3-15-6(17)7(10,11)8(12,13)14/h4H,2-3H2,1H3,(H,15,17). The zero-order valence-corrected chi connectivity index (χ0v) is 10.2. The first kappa shape index (κ1) is 16.3. The smallest absolute Gasteiger partial charge is 0.350 e. The molecule has 0 bridgehead atoms. The third-order valence-electron chi connectivity index (χ3n) is 1.89. The van der Waals surface area contributed by atoms with Crippen molar-refractivity contribution in [1.82, 2.24) is 5.32 Å². The maximum absolute atomic E-state index is 12.4. The van der Waals surface area contributed by atoms with Gasteiger partial charge in [0.1, 0.15) is 5.78 Å². The molecule has 0 saturated carbocycles. The molecule has 1 unspecified atom stereocenters. The molecule has 0 aromatic carbocycles. The zero-order valence-electron chi connectivity index (χ0n) is 8.58. The predicted molar refractivity (Wildman–Crippen MR) is 52.0 cm³/mol. The van der Waals surface area contributed by atoms with Crippen LogP contribution in [0.5, 0.6) is 0 Å². The molecular weight excluding hydrogens is 317 g/mol. The third kappa shape index (κ3) is 4.21. The molecule has 0 heterocycles. The van der Waals surface area contributed by atoms with Crippen LogP contribution in [-0.4, -0.2) is 35.7 Å². The molecule has 1 N–H and O–H groups in total. The van der Waals surface area contributed by atoms with E-state index in [9.17, 15) is 31.5 Å². The normalized spacial score (nSPS) is 14.3. The molecule has 100 valence electrons. The number of carbonyl (C=O) groups excluding carboxylic acids is 2. The molecule has 3 nitrogen and oxygen atoms in total. The molecule has 0 aliphatic heterocycles. The van der Waals surface area contributed by atoms with E-state index in [-0.39, 0.29) is 5.33 Å². The molecule has 0 aromatic heterocycles. The molecule has 1 atom stereocenters. The van der Waals surface area contributed by atoms with Crippen molar-refractivity contribution in [3.8, 4) is 0 Å². The first-order chi connectivity index (χ1) is 7.54. The number of carbonyl (C=O) groups is 2.